The first kappa shape index (κ1) is 18.8. The van der Waals surface area contributed by atoms with Crippen molar-refractivity contribution in [2.45, 2.75) is 50.0 Å². The fraction of sp³-hybridized carbons (Fsp3) is 0.444. The number of rotatable bonds is 8. The van der Waals surface area contributed by atoms with Gasteiger partial charge in [0, 0.05) is 19.0 Å². The van der Waals surface area contributed by atoms with Gasteiger partial charge in [-0.15, -0.1) is 10.2 Å². The molecule has 0 aliphatic heterocycles. The molecule has 1 aliphatic carbocycles. The van der Waals surface area contributed by atoms with E-state index in [2.05, 4.69) is 15.5 Å². The number of aromatic nitrogens is 2. The van der Waals surface area contributed by atoms with Gasteiger partial charge in [-0.25, -0.2) is 0 Å². The molecule has 0 saturated heterocycles. The van der Waals surface area contributed by atoms with Crippen molar-refractivity contribution in [2.24, 2.45) is 0 Å². The Morgan fingerprint density at radius 3 is 2.77 bits per heavy atom. The van der Waals surface area contributed by atoms with Crippen molar-refractivity contribution in [1.82, 2.24) is 15.5 Å². The monoisotopic (exact) mass is 390 g/mol. The minimum absolute atomic E-state index is 0.0429. The first-order chi connectivity index (χ1) is 12.6. The molecule has 138 valence electrons. The van der Waals surface area contributed by atoms with Gasteiger partial charge in [0.25, 0.3) is 0 Å². The van der Waals surface area contributed by atoms with E-state index in [1.807, 2.05) is 38.1 Å². The molecule has 0 radical (unpaired) electrons. The molecule has 8 heteroatoms. The van der Waals surface area contributed by atoms with Crippen LogP contribution in [0.3, 0.4) is 0 Å². The predicted octanol–water partition coefficient (Wildman–Crippen LogP) is 3.16. The Bertz CT molecular complexity index is 789. The molecule has 1 saturated carbocycles. The second-order valence-electron chi connectivity index (χ2n) is 6.19. The molecule has 1 fully saturated rings. The van der Waals surface area contributed by atoms with Crippen LogP contribution >= 0.6 is 23.1 Å². The van der Waals surface area contributed by atoms with Crippen LogP contribution in [-0.2, 0) is 16.1 Å². The fourth-order valence-corrected chi connectivity index (χ4v) is 4.27. The van der Waals surface area contributed by atoms with E-state index < -0.39 is 0 Å². The van der Waals surface area contributed by atoms with Crippen LogP contribution in [-0.4, -0.2) is 33.8 Å². The molecule has 1 aromatic carbocycles. The van der Waals surface area contributed by atoms with Gasteiger partial charge >= 0.3 is 0 Å². The largest absolute Gasteiger partial charge is 0.351 e. The van der Waals surface area contributed by atoms with Crippen LogP contribution in [0.15, 0.2) is 28.6 Å². The van der Waals surface area contributed by atoms with Gasteiger partial charge < -0.3 is 5.32 Å². The van der Waals surface area contributed by atoms with Crippen LogP contribution in [0.2, 0.25) is 0 Å². The lowest BCUT2D eigenvalue weighted by Gasteiger charge is -2.17. The minimum atomic E-state index is -0.0429. The topological polar surface area (TPSA) is 75.2 Å². The summed E-state index contributed by atoms with van der Waals surface area (Å²) in [5, 5.41) is 11.8. The molecule has 0 unspecified atom stereocenters. The maximum Gasteiger partial charge on any atom is 0.230 e. The summed E-state index contributed by atoms with van der Waals surface area (Å²) < 4.78 is 0.709. The zero-order valence-electron chi connectivity index (χ0n) is 14.9. The number of hydrogen-bond donors (Lipinski definition) is 1. The van der Waals surface area contributed by atoms with Crippen LogP contribution in [0.4, 0.5) is 5.13 Å². The molecular weight excluding hydrogens is 368 g/mol. The highest BCUT2D eigenvalue weighted by atomic mass is 32.2. The van der Waals surface area contributed by atoms with E-state index in [0.717, 1.165) is 24.0 Å². The van der Waals surface area contributed by atoms with E-state index in [1.165, 1.54) is 23.1 Å². The van der Waals surface area contributed by atoms with E-state index in [1.54, 1.807) is 4.90 Å². The summed E-state index contributed by atoms with van der Waals surface area (Å²) in [5.41, 5.74) is 2.28. The van der Waals surface area contributed by atoms with E-state index >= 15 is 0 Å². The SMILES string of the molecule is CCC(=O)N(c1nnc(SCC(=O)NCc2ccccc2C)s1)C1CC1. The third-order valence-corrected chi connectivity index (χ3v) is 6.20. The first-order valence-corrected chi connectivity index (χ1v) is 10.5. The van der Waals surface area contributed by atoms with Crippen molar-refractivity contribution < 1.29 is 9.59 Å². The highest BCUT2D eigenvalue weighted by Crippen LogP contribution is 2.36. The molecule has 0 spiro atoms. The molecule has 1 N–H and O–H groups in total. The quantitative estimate of drug-likeness (QED) is 0.553. The Morgan fingerprint density at radius 1 is 1.31 bits per heavy atom. The predicted molar refractivity (Wildman–Crippen MR) is 104 cm³/mol. The summed E-state index contributed by atoms with van der Waals surface area (Å²) in [4.78, 5) is 25.9. The standard InChI is InChI=1S/C18H22N4O2S2/c1-3-16(24)22(14-8-9-14)17-20-21-18(26-17)25-11-15(23)19-10-13-7-5-4-6-12(13)2/h4-7,14H,3,8-11H2,1-2H3,(H,19,23). The van der Waals surface area contributed by atoms with Crippen molar-refractivity contribution in [2.75, 3.05) is 10.7 Å². The summed E-state index contributed by atoms with van der Waals surface area (Å²) in [7, 11) is 0. The van der Waals surface area contributed by atoms with Gasteiger partial charge in [0.15, 0.2) is 4.34 Å². The number of thioether (sulfide) groups is 1. The summed E-state index contributed by atoms with van der Waals surface area (Å²) in [6, 6.07) is 8.26. The van der Waals surface area contributed by atoms with Crippen LogP contribution in [0.5, 0.6) is 0 Å². The molecule has 0 bridgehead atoms. The van der Waals surface area contributed by atoms with Gasteiger partial charge in [0.05, 0.1) is 5.75 Å². The lowest BCUT2D eigenvalue weighted by atomic mass is 10.1. The Balaban J connectivity index is 1.50. The molecule has 6 nitrogen and oxygen atoms in total. The number of carbonyl (C=O) groups excluding carboxylic acids is 2. The zero-order chi connectivity index (χ0) is 18.5. The molecule has 1 heterocycles. The van der Waals surface area contributed by atoms with Gasteiger partial charge in [0.1, 0.15) is 0 Å². The van der Waals surface area contributed by atoms with Crippen molar-refractivity contribution in [3.8, 4) is 0 Å². The van der Waals surface area contributed by atoms with E-state index in [0.29, 0.717) is 22.4 Å². The molecule has 2 aromatic rings. The molecule has 1 aromatic heterocycles. The van der Waals surface area contributed by atoms with Crippen molar-refractivity contribution in [3.05, 3.63) is 35.4 Å². The van der Waals surface area contributed by atoms with Crippen LogP contribution in [0.1, 0.15) is 37.3 Å². The third-order valence-electron chi connectivity index (χ3n) is 4.15. The highest BCUT2D eigenvalue weighted by Gasteiger charge is 2.35. The molecule has 1 aliphatic rings. The average molecular weight is 391 g/mol. The number of nitrogens with zero attached hydrogens (tertiary/aromatic N) is 3. The lowest BCUT2D eigenvalue weighted by molar-refractivity contribution is -0.119. The van der Waals surface area contributed by atoms with Gasteiger partial charge in [-0.2, -0.15) is 0 Å². The van der Waals surface area contributed by atoms with Crippen LogP contribution in [0, 0.1) is 6.92 Å². The molecule has 26 heavy (non-hydrogen) atoms. The third kappa shape index (κ3) is 4.82. The van der Waals surface area contributed by atoms with Gasteiger partial charge in [-0.1, -0.05) is 54.3 Å². The minimum Gasteiger partial charge on any atom is -0.351 e. The van der Waals surface area contributed by atoms with E-state index in [9.17, 15) is 9.59 Å². The van der Waals surface area contributed by atoms with Crippen LogP contribution in [0.25, 0.3) is 0 Å². The maximum atomic E-state index is 12.1. The molecular formula is C18H22N4O2S2. The Kier molecular flexibility index (Phi) is 6.26. The Hall–Kier alpha value is -1.93. The second-order valence-corrected chi connectivity index (χ2v) is 8.37. The normalized spacial score (nSPS) is 13.5. The maximum absolute atomic E-state index is 12.1. The van der Waals surface area contributed by atoms with E-state index in [4.69, 9.17) is 0 Å². The number of carbonyl (C=O) groups is 2. The zero-order valence-corrected chi connectivity index (χ0v) is 16.5. The van der Waals surface area contributed by atoms with Crippen LogP contribution < -0.4 is 10.2 Å². The number of amides is 2. The number of hydrogen-bond acceptors (Lipinski definition) is 6. The summed E-state index contributed by atoms with van der Waals surface area (Å²) in [5.74, 6) is 0.320. The Morgan fingerprint density at radius 2 is 2.08 bits per heavy atom. The van der Waals surface area contributed by atoms with Gasteiger partial charge in [-0.3, -0.25) is 14.5 Å². The van der Waals surface area contributed by atoms with Crippen molar-refractivity contribution >= 4 is 40.0 Å². The summed E-state index contributed by atoms with van der Waals surface area (Å²) in [6.07, 6.45) is 2.50. The molecule has 2 amide bonds. The number of aryl methyl sites for hydroxylation is 1. The summed E-state index contributed by atoms with van der Waals surface area (Å²) in [6.45, 7) is 4.41. The van der Waals surface area contributed by atoms with E-state index in [-0.39, 0.29) is 23.6 Å². The smallest absolute Gasteiger partial charge is 0.230 e. The number of anilines is 1. The van der Waals surface area contributed by atoms with Gasteiger partial charge in [0.2, 0.25) is 16.9 Å². The number of nitrogens with one attached hydrogen (secondary N) is 1. The first-order valence-electron chi connectivity index (χ1n) is 8.68. The highest BCUT2D eigenvalue weighted by molar-refractivity contribution is 8.01. The fourth-order valence-electron chi connectivity index (χ4n) is 2.51. The van der Waals surface area contributed by atoms with Crippen molar-refractivity contribution in [3.63, 3.8) is 0 Å². The molecule has 0 atom stereocenters. The second kappa shape index (κ2) is 8.64. The lowest BCUT2D eigenvalue weighted by Crippen LogP contribution is -2.32. The average Bonchev–Trinajstić information content (AvgIpc) is 3.36. The molecule has 3 rings (SSSR count). The van der Waals surface area contributed by atoms with Crippen molar-refractivity contribution in [1.29, 1.82) is 0 Å². The number of benzene rings is 1. The summed E-state index contributed by atoms with van der Waals surface area (Å²) >= 11 is 2.73. The van der Waals surface area contributed by atoms with Gasteiger partial charge in [-0.05, 0) is 30.9 Å². The Labute approximate surface area is 161 Å².